The van der Waals surface area contributed by atoms with Crippen LogP contribution in [0.1, 0.15) is 54.9 Å². The molecule has 144 valence electrons. The minimum atomic E-state index is -0.619. The molecule has 0 saturated carbocycles. The molecule has 1 aliphatic rings. The number of ether oxygens (including phenoxy) is 2. The van der Waals surface area contributed by atoms with E-state index in [-0.39, 0.29) is 25.1 Å². The summed E-state index contributed by atoms with van der Waals surface area (Å²) in [7, 11) is 0. The van der Waals surface area contributed by atoms with Crippen molar-refractivity contribution in [2.24, 2.45) is 5.41 Å². The molecular formula is C18H32N2O5. The van der Waals surface area contributed by atoms with Gasteiger partial charge in [0.15, 0.2) is 0 Å². The third kappa shape index (κ3) is 6.55. The summed E-state index contributed by atoms with van der Waals surface area (Å²) < 4.78 is 10.4. The van der Waals surface area contributed by atoms with Crippen LogP contribution in [0.15, 0.2) is 0 Å². The summed E-state index contributed by atoms with van der Waals surface area (Å²) in [6.07, 6.45) is 0.217. The molecule has 7 nitrogen and oxygen atoms in total. The van der Waals surface area contributed by atoms with E-state index >= 15 is 0 Å². The lowest BCUT2D eigenvalue weighted by atomic mass is 9.93. The molecule has 25 heavy (non-hydrogen) atoms. The van der Waals surface area contributed by atoms with Crippen LogP contribution in [0, 0.1) is 5.41 Å². The second-order valence-corrected chi connectivity index (χ2v) is 8.36. The fourth-order valence-corrected chi connectivity index (χ4v) is 2.63. The van der Waals surface area contributed by atoms with Crippen molar-refractivity contribution >= 4 is 18.0 Å². The number of amides is 2. The molecule has 1 fully saturated rings. The van der Waals surface area contributed by atoms with Gasteiger partial charge in [-0.2, -0.15) is 0 Å². The molecule has 2 amide bonds. The van der Waals surface area contributed by atoms with Crippen LogP contribution in [0.2, 0.25) is 0 Å². The molecule has 0 aromatic rings. The van der Waals surface area contributed by atoms with Crippen molar-refractivity contribution in [3.63, 3.8) is 0 Å². The molecule has 0 aromatic carbocycles. The molecule has 0 aliphatic carbocycles. The van der Waals surface area contributed by atoms with Gasteiger partial charge in [-0.1, -0.05) is 20.8 Å². The fourth-order valence-electron chi connectivity index (χ4n) is 2.63. The van der Waals surface area contributed by atoms with Gasteiger partial charge in [-0.3, -0.25) is 9.59 Å². The van der Waals surface area contributed by atoms with Crippen LogP contribution in [0.4, 0.5) is 4.79 Å². The van der Waals surface area contributed by atoms with Crippen molar-refractivity contribution in [3.8, 4) is 0 Å². The number of nitrogens with zero attached hydrogens (tertiary/aromatic N) is 2. The highest BCUT2D eigenvalue weighted by Gasteiger charge is 2.39. The number of hydrogen-bond acceptors (Lipinski definition) is 5. The third-order valence-corrected chi connectivity index (χ3v) is 3.76. The van der Waals surface area contributed by atoms with Gasteiger partial charge in [0.25, 0.3) is 0 Å². The van der Waals surface area contributed by atoms with Crippen LogP contribution < -0.4 is 0 Å². The molecule has 0 aromatic heterocycles. The Bertz CT molecular complexity index is 505. The highest BCUT2D eigenvalue weighted by molar-refractivity contribution is 5.86. The van der Waals surface area contributed by atoms with Gasteiger partial charge in [0.05, 0.1) is 12.6 Å². The maximum Gasteiger partial charge on any atom is 0.410 e. The first kappa shape index (κ1) is 21.3. The standard InChI is InChI=1S/C18H32N2O5/c1-8-24-14(21)12-20(15(22)17(2,3)4)13-9-10-19(11-13)16(23)25-18(5,6)7/h13H,8-12H2,1-7H3/t13-/m0/s1. The molecule has 1 rings (SSSR count). The van der Waals surface area contributed by atoms with E-state index in [1.54, 1.807) is 16.7 Å². The van der Waals surface area contributed by atoms with E-state index in [2.05, 4.69) is 0 Å². The summed E-state index contributed by atoms with van der Waals surface area (Å²) >= 11 is 0. The molecular weight excluding hydrogens is 324 g/mol. The monoisotopic (exact) mass is 356 g/mol. The van der Waals surface area contributed by atoms with E-state index in [1.165, 1.54) is 0 Å². The zero-order valence-electron chi connectivity index (χ0n) is 16.5. The van der Waals surface area contributed by atoms with Gasteiger partial charge in [-0.05, 0) is 34.1 Å². The number of hydrogen-bond donors (Lipinski definition) is 0. The van der Waals surface area contributed by atoms with Gasteiger partial charge >= 0.3 is 12.1 Å². The van der Waals surface area contributed by atoms with E-state index in [1.807, 2.05) is 41.5 Å². The normalized spacial score (nSPS) is 18.0. The summed E-state index contributed by atoms with van der Waals surface area (Å²) in [5.74, 6) is -0.563. The predicted molar refractivity (Wildman–Crippen MR) is 94.0 cm³/mol. The van der Waals surface area contributed by atoms with Crippen LogP contribution in [0.3, 0.4) is 0 Å². The zero-order chi connectivity index (χ0) is 19.4. The predicted octanol–water partition coefficient (Wildman–Crippen LogP) is 2.43. The molecule has 0 N–H and O–H groups in total. The maximum atomic E-state index is 12.8. The molecule has 7 heteroatoms. The lowest BCUT2D eigenvalue weighted by Gasteiger charge is -2.33. The lowest BCUT2D eigenvalue weighted by molar-refractivity contribution is -0.153. The fraction of sp³-hybridized carbons (Fsp3) is 0.833. The van der Waals surface area contributed by atoms with Crippen molar-refractivity contribution in [1.29, 1.82) is 0 Å². The Labute approximate surface area is 150 Å². The molecule has 1 heterocycles. The average Bonchev–Trinajstić information content (AvgIpc) is 2.91. The van der Waals surface area contributed by atoms with Crippen molar-refractivity contribution in [2.75, 3.05) is 26.2 Å². The molecule has 0 bridgehead atoms. The lowest BCUT2D eigenvalue weighted by Crippen LogP contribution is -2.50. The second kappa shape index (κ2) is 8.06. The summed E-state index contributed by atoms with van der Waals surface area (Å²) in [6.45, 7) is 13.6. The molecule has 0 spiro atoms. The Balaban J connectivity index is 2.84. The Hall–Kier alpha value is -1.79. The summed E-state index contributed by atoms with van der Waals surface area (Å²) in [4.78, 5) is 40.1. The summed E-state index contributed by atoms with van der Waals surface area (Å²) in [6, 6.07) is -0.219. The molecule has 1 aliphatic heterocycles. The highest BCUT2D eigenvalue weighted by Crippen LogP contribution is 2.24. The molecule has 1 saturated heterocycles. The van der Waals surface area contributed by atoms with Crippen molar-refractivity contribution < 1.29 is 23.9 Å². The molecule has 0 radical (unpaired) electrons. The van der Waals surface area contributed by atoms with E-state index in [4.69, 9.17) is 9.47 Å². The van der Waals surface area contributed by atoms with Crippen LogP contribution in [0.25, 0.3) is 0 Å². The van der Waals surface area contributed by atoms with Gasteiger partial charge in [-0.15, -0.1) is 0 Å². The summed E-state index contributed by atoms with van der Waals surface area (Å²) in [5.41, 5.74) is -1.19. The molecule has 1 atom stereocenters. The Morgan fingerprint density at radius 1 is 1.12 bits per heavy atom. The Kier molecular flexibility index (Phi) is 6.85. The number of likely N-dealkylation sites (tertiary alicyclic amines) is 1. The van der Waals surface area contributed by atoms with Crippen LogP contribution >= 0.6 is 0 Å². The number of carbonyl (C=O) groups excluding carboxylic acids is 3. The van der Waals surface area contributed by atoms with E-state index in [0.717, 1.165) is 0 Å². The largest absolute Gasteiger partial charge is 0.465 e. The average molecular weight is 356 g/mol. The first-order valence-electron chi connectivity index (χ1n) is 8.79. The zero-order valence-corrected chi connectivity index (χ0v) is 16.5. The van der Waals surface area contributed by atoms with Crippen LogP contribution in [0.5, 0.6) is 0 Å². The first-order chi connectivity index (χ1) is 11.3. The SMILES string of the molecule is CCOC(=O)CN(C(=O)C(C)(C)C)[C@H]1CCN(C(=O)OC(C)(C)C)C1. The first-order valence-corrected chi connectivity index (χ1v) is 8.79. The topological polar surface area (TPSA) is 76.2 Å². The van der Waals surface area contributed by atoms with E-state index in [9.17, 15) is 14.4 Å². The Morgan fingerprint density at radius 3 is 2.20 bits per heavy atom. The van der Waals surface area contributed by atoms with Crippen molar-refractivity contribution in [3.05, 3.63) is 0 Å². The molecule has 0 unspecified atom stereocenters. The number of rotatable bonds is 4. The van der Waals surface area contributed by atoms with Gasteiger partial charge < -0.3 is 19.3 Å². The minimum Gasteiger partial charge on any atom is -0.465 e. The van der Waals surface area contributed by atoms with E-state index < -0.39 is 23.1 Å². The van der Waals surface area contributed by atoms with Gasteiger partial charge in [-0.25, -0.2) is 4.79 Å². The van der Waals surface area contributed by atoms with Crippen LogP contribution in [-0.2, 0) is 19.1 Å². The van der Waals surface area contributed by atoms with Gasteiger partial charge in [0.2, 0.25) is 5.91 Å². The van der Waals surface area contributed by atoms with Gasteiger partial charge in [0, 0.05) is 18.5 Å². The van der Waals surface area contributed by atoms with Gasteiger partial charge in [0.1, 0.15) is 12.1 Å². The minimum absolute atomic E-state index is 0.100. The van der Waals surface area contributed by atoms with E-state index in [0.29, 0.717) is 19.5 Å². The highest BCUT2D eigenvalue weighted by atomic mass is 16.6. The van der Waals surface area contributed by atoms with Crippen LogP contribution in [-0.4, -0.2) is 65.7 Å². The maximum absolute atomic E-state index is 12.8. The number of carbonyl (C=O) groups is 3. The van der Waals surface area contributed by atoms with Crippen molar-refractivity contribution in [1.82, 2.24) is 9.80 Å². The van der Waals surface area contributed by atoms with Crippen molar-refractivity contribution in [2.45, 2.75) is 66.5 Å². The Morgan fingerprint density at radius 2 is 1.72 bits per heavy atom. The third-order valence-electron chi connectivity index (χ3n) is 3.76. The summed E-state index contributed by atoms with van der Waals surface area (Å²) in [5, 5.41) is 0. The second-order valence-electron chi connectivity index (χ2n) is 8.36. The number of esters is 1. The quantitative estimate of drug-likeness (QED) is 0.723. The smallest absolute Gasteiger partial charge is 0.410 e.